The maximum absolute atomic E-state index is 12.1. The molecular formula is C19H22N6O. The number of benzene rings is 1. The predicted molar refractivity (Wildman–Crippen MR) is 100 cm³/mol. The van der Waals surface area contributed by atoms with Crippen LogP contribution in [-0.4, -0.2) is 31.8 Å². The molecule has 1 aliphatic rings. The van der Waals surface area contributed by atoms with Gasteiger partial charge in [0, 0.05) is 5.56 Å². The summed E-state index contributed by atoms with van der Waals surface area (Å²) in [5.74, 6) is 0.569. The molecule has 0 saturated heterocycles. The summed E-state index contributed by atoms with van der Waals surface area (Å²) < 4.78 is 0. The summed E-state index contributed by atoms with van der Waals surface area (Å²) in [6, 6.07) is 9.50. The minimum absolute atomic E-state index is 0.0384. The third-order valence-corrected chi connectivity index (χ3v) is 4.39. The van der Waals surface area contributed by atoms with Crippen molar-refractivity contribution in [3.63, 3.8) is 0 Å². The van der Waals surface area contributed by atoms with Crippen LogP contribution in [0.5, 0.6) is 0 Å². The first-order chi connectivity index (χ1) is 12.5. The van der Waals surface area contributed by atoms with Gasteiger partial charge >= 0.3 is 0 Å². The minimum atomic E-state index is -0.292. The molecule has 1 amide bonds. The van der Waals surface area contributed by atoms with Crippen molar-refractivity contribution < 1.29 is 4.79 Å². The number of hydrazone groups is 1. The molecule has 3 rings (SSSR count). The Morgan fingerprint density at radius 3 is 2.88 bits per heavy atom. The number of rotatable bonds is 5. The van der Waals surface area contributed by atoms with Gasteiger partial charge in [0.25, 0.3) is 5.91 Å². The molecule has 1 heterocycles. The Balaban J connectivity index is 1.61. The van der Waals surface area contributed by atoms with Crippen LogP contribution in [-0.2, 0) is 11.3 Å². The average Bonchev–Trinajstić information content (AvgIpc) is 3.10. The topological polar surface area (TPSA) is 85.1 Å². The first-order valence-electron chi connectivity index (χ1n) is 8.54. The lowest BCUT2D eigenvalue weighted by atomic mass is 9.85. The fourth-order valence-electron chi connectivity index (χ4n) is 2.73. The summed E-state index contributed by atoms with van der Waals surface area (Å²) in [4.78, 5) is 13.4. The van der Waals surface area contributed by atoms with E-state index in [0.717, 1.165) is 35.3 Å². The number of nitrogens with one attached hydrogen (secondary N) is 1. The fraction of sp³-hybridized carbons (Fsp3) is 0.316. The second kappa shape index (κ2) is 7.86. The maximum Gasteiger partial charge on any atom is 0.263 e. The molecule has 0 fully saturated rings. The molecule has 7 heteroatoms. The normalized spacial score (nSPS) is 18.5. The Labute approximate surface area is 152 Å². The van der Waals surface area contributed by atoms with Crippen LogP contribution in [0.3, 0.4) is 0 Å². The molecular weight excluding hydrogens is 328 g/mol. The summed E-state index contributed by atoms with van der Waals surface area (Å²) in [5, 5.41) is 16.4. The molecule has 2 aromatic rings. The van der Waals surface area contributed by atoms with Crippen molar-refractivity contribution in [3.8, 4) is 11.4 Å². The smallest absolute Gasteiger partial charge is 0.263 e. The van der Waals surface area contributed by atoms with Gasteiger partial charge in [-0.15, -0.1) is 10.2 Å². The molecule has 1 aromatic heterocycles. The van der Waals surface area contributed by atoms with Gasteiger partial charge in [0.1, 0.15) is 6.54 Å². The third kappa shape index (κ3) is 4.30. The van der Waals surface area contributed by atoms with Crippen molar-refractivity contribution >= 4 is 11.6 Å². The molecule has 1 atom stereocenters. The lowest BCUT2D eigenvalue weighted by Crippen LogP contribution is -2.27. The van der Waals surface area contributed by atoms with Crippen LogP contribution in [0.1, 0.15) is 26.7 Å². The number of tetrazole rings is 1. The quantitative estimate of drug-likeness (QED) is 0.664. The fourth-order valence-corrected chi connectivity index (χ4v) is 2.73. The van der Waals surface area contributed by atoms with Crippen LogP contribution >= 0.6 is 0 Å². The molecule has 0 radical (unpaired) electrons. The zero-order valence-corrected chi connectivity index (χ0v) is 15.0. The van der Waals surface area contributed by atoms with Crippen molar-refractivity contribution in [2.45, 2.75) is 33.2 Å². The number of allylic oxidation sites excluding steroid dienone is 3. The summed E-state index contributed by atoms with van der Waals surface area (Å²) in [6.45, 7) is 8.01. The van der Waals surface area contributed by atoms with E-state index in [1.54, 1.807) is 0 Å². The van der Waals surface area contributed by atoms with E-state index < -0.39 is 0 Å². The summed E-state index contributed by atoms with van der Waals surface area (Å²) >= 11 is 0. The van der Waals surface area contributed by atoms with Crippen molar-refractivity contribution in [1.82, 2.24) is 25.6 Å². The van der Waals surface area contributed by atoms with Gasteiger partial charge in [-0.3, -0.25) is 4.79 Å². The largest absolute Gasteiger partial charge is 0.271 e. The van der Waals surface area contributed by atoms with Gasteiger partial charge in [0.2, 0.25) is 5.82 Å². The number of carbonyl (C=O) groups excluding carboxylic acids is 1. The van der Waals surface area contributed by atoms with E-state index in [1.807, 2.05) is 44.2 Å². The first kappa shape index (κ1) is 17.7. The molecule has 0 spiro atoms. The number of nitrogens with zero attached hydrogens (tertiary/aromatic N) is 5. The number of aromatic nitrogens is 4. The highest BCUT2D eigenvalue weighted by Gasteiger charge is 2.19. The number of carbonyl (C=O) groups is 1. The number of hydrogen-bond acceptors (Lipinski definition) is 5. The van der Waals surface area contributed by atoms with E-state index in [-0.39, 0.29) is 12.5 Å². The predicted octanol–water partition coefficient (Wildman–Crippen LogP) is 2.74. The van der Waals surface area contributed by atoms with E-state index in [0.29, 0.717) is 11.7 Å². The Bertz CT molecular complexity index is 865. The van der Waals surface area contributed by atoms with Gasteiger partial charge in [-0.1, -0.05) is 48.6 Å². The summed E-state index contributed by atoms with van der Waals surface area (Å²) in [7, 11) is 0. The minimum Gasteiger partial charge on any atom is -0.271 e. The molecule has 0 aliphatic heterocycles. The highest BCUT2D eigenvalue weighted by Crippen LogP contribution is 2.26. The molecule has 0 bridgehead atoms. The second-order valence-corrected chi connectivity index (χ2v) is 6.47. The van der Waals surface area contributed by atoms with Crippen LogP contribution in [0.15, 0.2) is 59.2 Å². The molecule has 1 N–H and O–H groups in total. The zero-order valence-electron chi connectivity index (χ0n) is 15.0. The van der Waals surface area contributed by atoms with Crippen molar-refractivity contribution in [1.29, 1.82) is 0 Å². The van der Waals surface area contributed by atoms with Crippen LogP contribution in [0.4, 0.5) is 0 Å². The van der Waals surface area contributed by atoms with Crippen molar-refractivity contribution in [2.24, 2.45) is 11.0 Å². The molecule has 7 nitrogen and oxygen atoms in total. The Morgan fingerprint density at radius 1 is 1.38 bits per heavy atom. The molecule has 26 heavy (non-hydrogen) atoms. The van der Waals surface area contributed by atoms with Gasteiger partial charge in [-0.05, 0) is 43.4 Å². The van der Waals surface area contributed by atoms with Crippen LogP contribution in [0.2, 0.25) is 0 Å². The van der Waals surface area contributed by atoms with E-state index >= 15 is 0 Å². The molecule has 1 aromatic carbocycles. The zero-order chi connectivity index (χ0) is 18.5. The van der Waals surface area contributed by atoms with Gasteiger partial charge in [-0.2, -0.15) is 9.90 Å². The van der Waals surface area contributed by atoms with Gasteiger partial charge < -0.3 is 0 Å². The van der Waals surface area contributed by atoms with Gasteiger partial charge in [-0.25, -0.2) is 5.43 Å². The lowest BCUT2D eigenvalue weighted by Gasteiger charge is -2.22. The maximum atomic E-state index is 12.1. The average molecular weight is 350 g/mol. The van der Waals surface area contributed by atoms with Crippen molar-refractivity contribution in [3.05, 3.63) is 54.1 Å². The molecule has 0 unspecified atom stereocenters. The van der Waals surface area contributed by atoms with Gasteiger partial charge in [0.05, 0.1) is 5.71 Å². The number of hydrogen-bond donors (Lipinski definition) is 1. The SMILES string of the molecule is C=C(C)[C@H]1CC=C(C)/C(=N\NC(=O)Cn2nnc(-c3ccccc3)n2)C1. The summed E-state index contributed by atoms with van der Waals surface area (Å²) in [6.07, 6.45) is 3.90. The van der Waals surface area contributed by atoms with E-state index in [2.05, 4.69) is 38.6 Å². The lowest BCUT2D eigenvalue weighted by molar-refractivity contribution is -0.122. The molecule has 0 saturated carbocycles. The van der Waals surface area contributed by atoms with E-state index in [4.69, 9.17) is 0 Å². The monoisotopic (exact) mass is 350 g/mol. The highest BCUT2D eigenvalue weighted by molar-refractivity contribution is 6.01. The van der Waals surface area contributed by atoms with Crippen LogP contribution in [0.25, 0.3) is 11.4 Å². The van der Waals surface area contributed by atoms with Crippen LogP contribution < -0.4 is 5.43 Å². The summed E-state index contributed by atoms with van der Waals surface area (Å²) in [5.41, 5.74) is 6.55. The molecule has 134 valence electrons. The van der Waals surface area contributed by atoms with Gasteiger partial charge in [0.15, 0.2) is 0 Å². The van der Waals surface area contributed by atoms with Crippen LogP contribution in [0, 0.1) is 5.92 Å². The Hall–Kier alpha value is -3.09. The van der Waals surface area contributed by atoms with E-state index in [9.17, 15) is 4.79 Å². The Morgan fingerprint density at radius 2 is 2.15 bits per heavy atom. The number of amides is 1. The first-order valence-corrected chi connectivity index (χ1v) is 8.54. The van der Waals surface area contributed by atoms with Crippen molar-refractivity contribution in [2.75, 3.05) is 0 Å². The second-order valence-electron chi connectivity index (χ2n) is 6.47. The van der Waals surface area contributed by atoms with E-state index in [1.165, 1.54) is 4.80 Å². The molecule has 1 aliphatic carbocycles. The third-order valence-electron chi connectivity index (χ3n) is 4.39. The Kier molecular flexibility index (Phi) is 5.36. The highest BCUT2D eigenvalue weighted by atomic mass is 16.2. The standard InChI is InChI=1S/C19H22N6O/c1-13(2)16-10-9-14(3)17(11-16)20-21-18(26)12-25-23-19(22-24-25)15-7-5-4-6-8-15/h4-9,16H,1,10-12H2,2-3H3,(H,21,26)/b20-17-/t16-/m0/s1.